The molecule has 27 heavy (non-hydrogen) atoms. The summed E-state index contributed by atoms with van der Waals surface area (Å²) in [4.78, 5) is 18.3. The Balaban J connectivity index is 1.84. The molecule has 0 bridgehead atoms. The summed E-state index contributed by atoms with van der Waals surface area (Å²) >= 11 is 0. The third kappa shape index (κ3) is 4.03. The van der Waals surface area contributed by atoms with Crippen molar-refractivity contribution >= 4 is 17.0 Å². The fourth-order valence-corrected chi connectivity index (χ4v) is 2.82. The van der Waals surface area contributed by atoms with Gasteiger partial charge in [0, 0.05) is 25.6 Å². The lowest BCUT2D eigenvalue weighted by atomic mass is 10.1. The van der Waals surface area contributed by atoms with Crippen LogP contribution in [0.4, 0.5) is 0 Å². The van der Waals surface area contributed by atoms with E-state index in [1.165, 1.54) is 4.90 Å². The van der Waals surface area contributed by atoms with Gasteiger partial charge in [0.15, 0.2) is 23.0 Å². The van der Waals surface area contributed by atoms with Gasteiger partial charge in [-0.1, -0.05) is 6.07 Å². The molecular weight excluding hydrogens is 348 g/mol. The molecule has 142 valence electrons. The van der Waals surface area contributed by atoms with Crippen LogP contribution >= 0.6 is 0 Å². The number of aliphatic hydroxyl groups is 1. The highest BCUT2D eigenvalue weighted by Crippen LogP contribution is 2.29. The van der Waals surface area contributed by atoms with Crippen molar-refractivity contribution in [1.29, 1.82) is 0 Å². The first-order chi connectivity index (χ1) is 13.0. The quantitative estimate of drug-likeness (QED) is 0.688. The second kappa shape index (κ2) is 8.09. The monoisotopic (exact) mass is 370 g/mol. The van der Waals surface area contributed by atoms with Gasteiger partial charge in [0.25, 0.3) is 5.91 Å². The molecule has 1 heterocycles. The highest BCUT2D eigenvalue weighted by molar-refractivity contribution is 5.96. The van der Waals surface area contributed by atoms with E-state index in [0.717, 1.165) is 5.56 Å². The zero-order valence-corrected chi connectivity index (χ0v) is 15.6. The lowest BCUT2D eigenvalue weighted by Crippen LogP contribution is -2.29. The molecule has 0 spiro atoms. The number of rotatable bonds is 7. The van der Waals surface area contributed by atoms with E-state index in [0.29, 0.717) is 40.5 Å². The number of amides is 1. The highest BCUT2D eigenvalue weighted by atomic mass is 16.5. The van der Waals surface area contributed by atoms with Gasteiger partial charge in [0.2, 0.25) is 0 Å². The van der Waals surface area contributed by atoms with Crippen molar-refractivity contribution in [2.24, 2.45) is 0 Å². The maximum atomic E-state index is 12.3. The number of carbonyl (C=O) groups excluding carboxylic acids is 1. The Labute approximate surface area is 157 Å². The average Bonchev–Trinajstić information content (AvgIpc) is 3.08. The van der Waals surface area contributed by atoms with Crippen molar-refractivity contribution in [3.05, 3.63) is 53.4 Å². The molecule has 2 aromatic carbocycles. The van der Waals surface area contributed by atoms with E-state index in [9.17, 15) is 4.79 Å². The summed E-state index contributed by atoms with van der Waals surface area (Å²) in [5.74, 6) is 1.68. The summed E-state index contributed by atoms with van der Waals surface area (Å²) in [5.41, 5.74) is 2.70. The smallest absolute Gasteiger partial charge is 0.253 e. The van der Waals surface area contributed by atoms with Crippen LogP contribution in [0.5, 0.6) is 11.5 Å². The second-order valence-corrected chi connectivity index (χ2v) is 6.11. The average molecular weight is 370 g/mol. The van der Waals surface area contributed by atoms with Crippen LogP contribution in [-0.2, 0) is 6.42 Å². The van der Waals surface area contributed by atoms with E-state index in [-0.39, 0.29) is 19.1 Å². The summed E-state index contributed by atoms with van der Waals surface area (Å²) in [6, 6.07) is 10.8. The Morgan fingerprint density at radius 3 is 2.63 bits per heavy atom. The Morgan fingerprint density at radius 2 is 1.93 bits per heavy atom. The molecule has 7 heteroatoms. The van der Waals surface area contributed by atoms with Crippen LogP contribution < -0.4 is 9.47 Å². The summed E-state index contributed by atoms with van der Waals surface area (Å²) in [6.45, 7) is 0.195. The van der Waals surface area contributed by atoms with Gasteiger partial charge in [-0.05, 0) is 35.9 Å². The van der Waals surface area contributed by atoms with E-state index < -0.39 is 0 Å². The van der Waals surface area contributed by atoms with Crippen molar-refractivity contribution in [2.45, 2.75) is 6.42 Å². The summed E-state index contributed by atoms with van der Waals surface area (Å²) in [5, 5.41) is 8.98. The van der Waals surface area contributed by atoms with Gasteiger partial charge in [-0.25, -0.2) is 4.98 Å². The number of ether oxygens (including phenoxy) is 2. The molecule has 0 atom stereocenters. The van der Waals surface area contributed by atoms with Crippen LogP contribution in [0.15, 0.2) is 40.8 Å². The summed E-state index contributed by atoms with van der Waals surface area (Å²) in [7, 11) is 4.83. The second-order valence-electron chi connectivity index (χ2n) is 6.11. The first-order valence-corrected chi connectivity index (χ1v) is 8.52. The lowest BCUT2D eigenvalue weighted by molar-refractivity contribution is 0.0767. The minimum Gasteiger partial charge on any atom is -0.493 e. The van der Waals surface area contributed by atoms with Gasteiger partial charge in [-0.3, -0.25) is 4.79 Å². The fraction of sp³-hybridized carbons (Fsp3) is 0.300. The van der Waals surface area contributed by atoms with Gasteiger partial charge < -0.3 is 23.9 Å². The van der Waals surface area contributed by atoms with Gasteiger partial charge in [0.05, 0.1) is 20.8 Å². The molecule has 0 aliphatic rings. The van der Waals surface area contributed by atoms with Gasteiger partial charge in [-0.2, -0.15) is 0 Å². The number of methoxy groups -OCH3 is 2. The van der Waals surface area contributed by atoms with Gasteiger partial charge >= 0.3 is 0 Å². The Morgan fingerprint density at radius 1 is 1.15 bits per heavy atom. The Bertz CT molecular complexity index is 951. The standard InChI is InChI=1S/C20H22N2O5/c1-22(8-9-23)20(24)14-5-6-15-17(12-14)27-19(21-15)11-13-4-7-16(25-2)18(10-13)26-3/h4-7,10,12,23H,8-9,11H2,1-3H3. The molecule has 0 saturated heterocycles. The number of aromatic nitrogens is 1. The zero-order valence-electron chi connectivity index (χ0n) is 15.6. The van der Waals surface area contributed by atoms with Crippen LogP contribution in [0, 0.1) is 0 Å². The molecule has 0 saturated carbocycles. The fourth-order valence-electron chi connectivity index (χ4n) is 2.82. The summed E-state index contributed by atoms with van der Waals surface area (Å²) < 4.78 is 16.4. The Hall–Kier alpha value is -3.06. The van der Waals surface area contributed by atoms with Crippen molar-refractivity contribution in [1.82, 2.24) is 9.88 Å². The van der Waals surface area contributed by atoms with Gasteiger partial charge in [0.1, 0.15) is 5.52 Å². The van der Waals surface area contributed by atoms with E-state index in [4.69, 9.17) is 19.0 Å². The number of benzene rings is 2. The van der Waals surface area contributed by atoms with Crippen molar-refractivity contribution in [2.75, 3.05) is 34.4 Å². The number of nitrogens with zero attached hydrogens (tertiary/aromatic N) is 2. The number of fused-ring (bicyclic) bond motifs is 1. The predicted octanol–water partition coefficient (Wildman–Crippen LogP) is 2.50. The lowest BCUT2D eigenvalue weighted by Gasteiger charge is -2.15. The minimum atomic E-state index is -0.177. The number of aliphatic hydroxyl groups excluding tert-OH is 1. The molecule has 1 amide bonds. The van der Waals surface area contributed by atoms with E-state index in [1.807, 2.05) is 18.2 Å². The molecule has 0 radical (unpaired) electrons. The van der Waals surface area contributed by atoms with E-state index >= 15 is 0 Å². The molecule has 1 aromatic heterocycles. The maximum absolute atomic E-state index is 12.3. The van der Waals surface area contributed by atoms with Gasteiger partial charge in [-0.15, -0.1) is 0 Å². The number of hydrogen-bond donors (Lipinski definition) is 1. The molecule has 1 N–H and O–H groups in total. The SMILES string of the molecule is COc1ccc(Cc2nc3ccc(C(=O)N(C)CCO)cc3o2)cc1OC. The van der Waals surface area contributed by atoms with Crippen LogP contribution in [0.1, 0.15) is 21.8 Å². The normalized spacial score (nSPS) is 10.8. The number of carbonyl (C=O) groups is 1. The topological polar surface area (TPSA) is 85.0 Å². The minimum absolute atomic E-state index is 0.0811. The zero-order chi connectivity index (χ0) is 19.4. The largest absolute Gasteiger partial charge is 0.493 e. The summed E-state index contributed by atoms with van der Waals surface area (Å²) in [6.07, 6.45) is 0.489. The first kappa shape index (κ1) is 18.7. The van der Waals surface area contributed by atoms with E-state index in [1.54, 1.807) is 39.5 Å². The third-order valence-electron chi connectivity index (χ3n) is 4.27. The predicted molar refractivity (Wildman–Crippen MR) is 100 cm³/mol. The molecule has 0 aliphatic carbocycles. The maximum Gasteiger partial charge on any atom is 0.253 e. The number of oxazole rings is 1. The molecule has 3 aromatic rings. The Kier molecular flexibility index (Phi) is 5.61. The molecule has 0 aliphatic heterocycles. The molecular formula is C20H22N2O5. The van der Waals surface area contributed by atoms with Crippen LogP contribution in [-0.4, -0.2) is 55.3 Å². The molecule has 0 fully saturated rings. The van der Waals surface area contributed by atoms with E-state index in [2.05, 4.69) is 4.98 Å². The molecule has 7 nitrogen and oxygen atoms in total. The van der Waals surface area contributed by atoms with Crippen LogP contribution in [0.2, 0.25) is 0 Å². The third-order valence-corrected chi connectivity index (χ3v) is 4.27. The number of likely N-dealkylation sites (N-methyl/N-ethyl adjacent to an activating group) is 1. The van der Waals surface area contributed by atoms with Crippen molar-refractivity contribution in [3.63, 3.8) is 0 Å². The van der Waals surface area contributed by atoms with Crippen molar-refractivity contribution < 1.29 is 23.8 Å². The number of hydrogen-bond acceptors (Lipinski definition) is 6. The van der Waals surface area contributed by atoms with Crippen LogP contribution in [0.3, 0.4) is 0 Å². The molecule has 3 rings (SSSR count). The molecule has 0 unspecified atom stereocenters. The highest BCUT2D eigenvalue weighted by Gasteiger charge is 2.15. The first-order valence-electron chi connectivity index (χ1n) is 8.52. The van der Waals surface area contributed by atoms with Crippen molar-refractivity contribution in [3.8, 4) is 11.5 Å². The van der Waals surface area contributed by atoms with Crippen LogP contribution in [0.25, 0.3) is 11.1 Å².